The van der Waals surface area contributed by atoms with E-state index in [2.05, 4.69) is 15.3 Å². The highest BCUT2D eigenvalue weighted by atomic mass is 32.2. The molecule has 3 aromatic rings. The normalized spacial score (nSPS) is 12.1. The zero-order valence-electron chi connectivity index (χ0n) is 14.4. The fraction of sp³-hybridized carbons (Fsp3) is 0.294. The number of H-pyrrole nitrogens is 1. The molecule has 1 amide bonds. The zero-order valence-corrected chi connectivity index (χ0v) is 16.8. The van der Waals surface area contributed by atoms with Crippen molar-refractivity contribution < 1.29 is 4.79 Å². The first-order valence-electron chi connectivity index (χ1n) is 7.79. The van der Waals surface area contributed by atoms with E-state index in [0.29, 0.717) is 27.5 Å². The minimum absolute atomic E-state index is 0.137. The number of hydrogen-bond donors (Lipinski definition) is 2. The molecule has 0 unspecified atom stereocenters. The van der Waals surface area contributed by atoms with Gasteiger partial charge in [0.1, 0.15) is 21.7 Å². The monoisotopic (exact) mass is 404 g/mol. The van der Waals surface area contributed by atoms with Crippen molar-refractivity contribution in [2.45, 2.75) is 31.8 Å². The Morgan fingerprint density at radius 3 is 3.00 bits per heavy atom. The van der Waals surface area contributed by atoms with Crippen LogP contribution in [-0.2, 0) is 10.5 Å². The molecule has 0 aliphatic carbocycles. The number of nitrogens with one attached hydrogen (secondary N) is 2. The predicted octanol–water partition coefficient (Wildman–Crippen LogP) is 3.80. The summed E-state index contributed by atoms with van der Waals surface area (Å²) >= 11 is 4.21. The van der Waals surface area contributed by atoms with Crippen LogP contribution in [0.25, 0.3) is 10.2 Å². The van der Waals surface area contributed by atoms with E-state index in [1.807, 2.05) is 19.9 Å². The molecule has 0 aromatic carbocycles. The number of aromatic nitrogens is 2. The molecule has 0 bridgehead atoms. The van der Waals surface area contributed by atoms with Gasteiger partial charge in [-0.1, -0.05) is 0 Å². The minimum Gasteiger partial charge on any atom is -0.316 e. The lowest BCUT2D eigenvalue weighted by atomic mass is 10.2. The molecule has 0 aliphatic heterocycles. The Kier molecular flexibility index (Phi) is 5.46. The van der Waals surface area contributed by atoms with Gasteiger partial charge in [0.2, 0.25) is 5.91 Å². The number of anilines is 1. The van der Waals surface area contributed by atoms with Crippen LogP contribution in [0.15, 0.2) is 16.2 Å². The summed E-state index contributed by atoms with van der Waals surface area (Å²) < 4.78 is 0. The molecule has 3 heterocycles. The van der Waals surface area contributed by atoms with E-state index in [1.165, 1.54) is 34.4 Å². The first kappa shape index (κ1) is 18.6. The number of fused-ring (bicyclic) bond motifs is 1. The average Bonchev–Trinajstić information content (AvgIpc) is 3.16. The minimum atomic E-state index is -0.351. The predicted molar refractivity (Wildman–Crippen MR) is 108 cm³/mol. The van der Waals surface area contributed by atoms with Crippen LogP contribution in [-0.4, -0.2) is 21.1 Å². The van der Waals surface area contributed by atoms with Crippen LogP contribution in [0.4, 0.5) is 5.00 Å². The second-order valence-electron chi connectivity index (χ2n) is 5.69. The van der Waals surface area contributed by atoms with Crippen molar-refractivity contribution in [2.75, 3.05) is 5.32 Å². The van der Waals surface area contributed by atoms with Gasteiger partial charge in [-0.25, -0.2) is 4.98 Å². The van der Waals surface area contributed by atoms with Crippen molar-refractivity contribution in [3.05, 3.63) is 43.6 Å². The van der Waals surface area contributed by atoms with Gasteiger partial charge in [-0.3, -0.25) is 9.59 Å². The highest BCUT2D eigenvalue weighted by Crippen LogP contribution is 2.27. The molecule has 3 aromatic heterocycles. The quantitative estimate of drug-likeness (QED) is 0.674. The molecule has 6 nitrogen and oxygen atoms in total. The van der Waals surface area contributed by atoms with Crippen molar-refractivity contribution in [1.82, 2.24) is 9.97 Å². The van der Waals surface area contributed by atoms with E-state index < -0.39 is 0 Å². The maximum absolute atomic E-state index is 12.3. The first-order chi connectivity index (χ1) is 12.4. The number of carbonyl (C=O) groups excluding carboxylic acids is 1. The molecule has 3 rings (SSSR count). The largest absolute Gasteiger partial charge is 0.316 e. The maximum Gasteiger partial charge on any atom is 0.259 e. The van der Waals surface area contributed by atoms with Crippen molar-refractivity contribution in [2.24, 2.45) is 0 Å². The van der Waals surface area contributed by atoms with Crippen LogP contribution >= 0.6 is 34.4 Å². The molecule has 0 fully saturated rings. The van der Waals surface area contributed by atoms with Gasteiger partial charge >= 0.3 is 0 Å². The lowest BCUT2D eigenvalue weighted by Gasteiger charge is -2.11. The molecule has 9 heteroatoms. The summed E-state index contributed by atoms with van der Waals surface area (Å²) in [4.78, 5) is 33.7. The van der Waals surface area contributed by atoms with Gasteiger partial charge < -0.3 is 10.3 Å². The summed E-state index contributed by atoms with van der Waals surface area (Å²) in [6.45, 7) is 5.68. The lowest BCUT2D eigenvalue weighted by Crippen LogP contribution is -2.22. The van der Waals surface area contributed by atoms with E-state index in [9.17, 15) is 9.59 Å². The number of thioether (sulfide) groups is 1. The molecule has 0 radical (unpaired) electrons. The van der Waals surface area contributed by atoms with Gasteiger partial charge in [0.15, 0.2) is 0 Å². The first-order valence-corrected chi connectivity index (χ1v) is 10.5. The van der Waals surface area contributed by atoms with Crippen LogP contribution in [0.1, 0.15) is 28.8 Å². The summed E-state index contributed by atoms with van der Waals surface area (Å²) in [7, 11) is 0. The number of aryl methyl sites for hydroxylation is 2. The average molecular weight is 405 g/mol. The number of amides is 1. The number of rotatable bonds is 5. The number of carbonyl (C=O) groups is 1. The smallest absolute Gasteiger partial charge is 0.259 e. The Bertz CT molecular complexity index is 1070. The number of nitriles is 1. The zero-order chi connectivity index (χ0) is 18.8. The standard InChI is InChI=1S/C17H16N4O2S3/c1-8-9(2)26-17-13(8)15(23)19-12(20-17)7-25-10(3)14(22)21-16-11(6-18)4-5-24-16/h4-5,10H,7H2,1-3H3,(H,21,22)(H,19,20,23)/t10-/m0/s1. The molecular weight excluding hydrogens is 388 g/mol. The van der Waals surface area contributed by atoms with Gasteiger partial charge in [0.05, 0.1) is 22.0 Å². The Hall–Kier alpha value is -2.15. The highest BCUT2D eigenvalue weighted by Gasteiger charge is 2.17. The lowest BCUT2D eigenvalue weighted by molar-refractivity contribution is -0.115. The number of thiophene rings is 2. The molecule has 1 atom stereocenters. The Labute approximate surface area is 162 Å². The van der Waals surface area contributed by atoms with Crippen molar-refractivity contribution in [3.8, 4) is 6.07 Å². The Morgan fingerprint density at radius 1 is 1.50 bits per heavy atom. The molecular formula is C17H16N4O2S3. The van der Waals surface area contributed by atoms with Gasteiger partial charge in [0.25, 0.3) is 5.56 Å². The second-order valence-corrected chi connectivity index (χ2v) is 9.14. The van der Waals surface area contributed by atoms with Crippen LogP contribution < -0.4 is 10.9 Å². The van der Waals surface area contributed by atoms with Crippen LogP contribution in [0.5, 0.6) is 0 Å². The molecule has 0 spiro atoms. The topological polar surface area (TPSA) is 98.6 Å². The summed E-state index contributed by atoms with van der Waals surface area (Å²) in [5.41, 5.74) is 1.29. The fourth-order valence-electron chi connectivity index (χ4n) is 2.35. The van der Waals surface area contributed by atoms with Gasteiger partial charge in [-0.05, 0) is 37.8 Å². The van der Waals surface area contributed by atoms with Gasteiger partial charge in [-0.2, -0.15) is 5.26 Å². The molecule has 26 heavy (non-hydrogen) atoms. The summed E-state index contributed by atoms with van der Waals surface area (Å²) in [6, 6.07) is 3.72. The van der Waals surface area contributed by atoms with Crippen LogP contribution in [0.2, 0.25) is 0 Å². The summed E-state index contributed by atoms with van der Waals surface area (Å²) in [6.07, 6.45) is 0. The van der Waals surface area contributed by atoms with E-state index in [4.69, 9.17) is 5.26 Å². The summed E-state index contributed by atoms with van der Waals surface area (Å²) in [5, 5.41) is 14.4. The van der Waals surface area contributed by atoms with E-state index >= 15 is 0 Å². The SMILES string of the molecule is Cc1sc2nc(CS[C@@H](C)C(=O)Nc3sccc3C#N)[nH]c(=O)c2c1C. The van der Waals surface area contributed by atoms with Crippen molar-refractivity contribution in [1.29, 1.82) is 5.26 Å². The molecule has 0 aliphatic rings. The third-order valence-electron chi connectivity index (χ3n) is 3.95. The highest BCUT2D eigenvalue weighted by molar-refractivity contribution is 7.99. The Morgan fingerprint density at radius 2 is 2.27 bits per heavy atom. The third-order valence-corrected chi connectivity index (χ3v) is 7.03. The van der Waals surface area contributed by atoms with E-state index in [-0.39, 0.29) is 16.7 Å². The number of aromatic amines is 1. The van der Waals surface area contributed by atoms with E-state index in [0.717, 1.165) is 15.3 Å². The maximum atomic E-state index is 12.3. The molecule has 134 valence electrons. The Balaban J connectivity index is 1.68. The van der Waals surface area contributed by atoms with Gasteiger partial charge in [0, 0.05) is 4.88 Å². The molecule has 2 N–H and O–H groups in total. The van der Waals surface area contributed by atoms with Crippen molar-refractivity contribution in [3.63, 3.8) is 0 Å². The third kappa shape index (κ3) is 3.67. The van der Waals surface area contributed by atoms with E-state index in [1.54, 1.807) is 18.4 Å². The van der Waals surface area contributed by atoms with Crippen LogP contribution in [0.3, 0.4) is 0 Å². The number of nitrogens with zero attached hydrogens (tertiary/aromatic N) is 2. The van der Waals surface area contributed by atoms with Gasteiger partial charge in [-0.15, -0.1) is 34.4 Å². The van der Waals surface area contributed by atoms with Crippen molar-refractivity contribution >= 4 is 55.6 Å². The molecule has 0 saturated carbocycles. The van der Waals surface area contributed by atoms with Crippen LogP contribution in [0, 0.1) is 25.2 Å². The summed E-state index contributed by atoms with van der Waals surface area (Å²) in [5.74, 6) is 0.799. The molecule has 0 saturated heterocycles. The fourth-order valence-corrected chi connectivity index (χ4v) is 4.90. The number of hydrogen-bond acceptors (Lipinski definition) is 7. The second kappa shape index (κ2) is 7.61.